The molecule has 1 aromatic carbocycles. The van der Waals surface area contributed by atoms with Gasteiger partial charge in [0.25, 0.3) is 0 Å². The van der Waals surface area contributed by atoms with Gasteiger partial charge in [-0.15, -0.1) is 0 Å². The van der Waals surface area contributed by atoms with Gasteiger partial charge in [-0.1, -0.05) is 12.1 Å². The lowest BCUT2D eigenvalue weighted by molar-refractivity contribution is 0.197. The van der Waals surface area contributed by atoms with Crippen LogP contribution in [0.1, 0.15) is 23.6 Å². The van der Waals surface area contributed by atoms with Crippen LogP contribution in [-0.4, -0.2) is 25.2 Å². The molecule has 0 atom stereocenters. The van der Waals surface area contributed by atoms with E-state index in [0.29, 0.717) is 24.9 Å². The molecule has 0 fully saturated rings. The molecule has 0 aliphatic carbocycles. The van der Waals surface area contributed by atoms with Gasteiger partial charge in [0, 0.05) is 26.3 Å². The maximum absolute atomic E-state index is 12.8. The monoisotopic (exact) mass is 301 g/mol. The topological polar surface area (TPSA) is 71.1 Å². The lowest BCUT2D eigenvalue weighted by Crippen LogP contribution is -2.04. The highest BCUT2D eigenvalue weighted by Gasteiger charge is 2.10. The molecule has 0 saturated heterocycles. The van der Waals surface area contributed by atoms with Gasteiger partial charge in [0.15, 0.2) is 0 Å². The minimum absolute atomic E-state index is 0.205. The van der Waals surface area contributed by atoms with Crippen LogP contribution >= 0.6 is 0 Å². The smallest absolute Gasteiger partial charge is 0.232 e. The zero-order valence-electron chi connectivity index (χ0n) is 12.2. The van der Waals surface area contributed by atoms with Gasteiger partial charge in [0.05, 0.1) is 0 Å². The van der Waals surface area contributed by atoms with Crippen LogP contribution in [0.4, 0.5) is 10.3 Å². The fourth-order valence-corrected chi connectivity index (χ4v) is 1.76. The summed E-state index contributed by atoms with van der Waals surface area (Å²) in [4.78, 5) is 4.08. The summed E-state index contributed by atoms with van der Waals surface area (Å²) in [6.07, 6.45) is 4.17. The van der Waals surface area contributed by atoms with E-state index in [1.54, 1.807) is 31.4 Å². The minimum atomic E-state index is -0.289. The zero-order chi connectivity index (χ0) is 15.8. The number of methoxy groups -OCH3 is 1. The Hall–Kier alpha value is -2.65. The maximum Gasteiger partial charge on any atom is 0.232 e. The highest BCUT2D eigenvalue weighted by molar-refractivity contribution is 5.67. The molecule has 5 nitrogen and oxygen atoms in total. The lowest BCUT2D eigenvalue weighted by Gasteiger charge is -2.01. The molecule has 0 radical (unpaired) electrons. The van der Waals surface area contributed by atoms with Crippen molar-refractivity contribution in [1.29, 1.82) is 5.26 Å². The van der Waals surface area contributed by atoms with Crippen LogP contribution in [0.2, 0.25) is 0 Å². The van der Waals surface area contributed by atoms with Crippen LogP contribution in [0.25, 0.3) is 12.2 Å². The second kappa shape index (κ2) is 7.96. The minimum Gasteiger partial charge on any atom is -0.420 e. The summed E-state index contributed by atoms with van der Waals surface area (Å²) < 4.78 is 23.3. The largest absolute Gasteiger partial charge is 0.420 e. The van der Waals surface area contributed by atoms with Gasteiger partial charge in [-0.25, -0.2) is 4.39 Å². The molecule has 0 bridgehead atoms. The van der Waals surface area contributed by atoms with Crippen molar-refractivity contribution in [2.45, 2.75) is 6.42 Å². The first kappa shape index (κ1) is 15.7. The Kier molecular flexibility index (Phi) is 5.69. The molecule has 2 rings (SSSR count). The molecule has 1 aromatic heterocycles. The van der Waals surface area contributed by atoms with Gasteiger partial charge >= 0.3 is 0 Å². The van der Waals surface area contributed by atoms with Gasteiger partial charge in [-0.2, -0.15) is 10.2 Å². The molecule has 0 saturated carbocycles. The van der Waals surface area contributed by atoms with E-state index in [1.807, 2.05) is 6.07 Å². The molecule has 0 aliphatic heterocycles. The van der Waals surface area contributed by atoms with E-state index >= 15 is 0 Å². The first-order valence-corrected chi connectivity index (χ1v) is 6.80. The second-order valence-corrected chi connectivity index (χ2v) is 4.50. The fraction of sp³-hybridized carbons (Fsp3) is 0.250. The maximum atomic E-state index is 12.8. The molecule has 22 heavy (non-hydrogen) atoms. The summed E-state index contributed by atoms with van der Waals surface area (Å²) >= 11 is 0. The number of nitrogens with zero attached hydrogens (tertiary/aromatic N) is 2. The van der Waals surface area contributed by atoms with E-state index in [2.05, 4.69) is 10.3 Å². The summed E-state index contributed by atoms with van der Waals surface area (Å²) in [6, 6.07) is 8.01. The lowest BCUT2D eigenvalue weighted by atomic mass is 10.2. The first-order chi connectivity index (χ1) is 10.7. The molecule has 2 aromatic rings. The number of ether oxygens (including phenoxy) is 1. The third kappa shape index (κ3) is 4.43. The van der Waals surface area contributed by atoms with Gasteiger partial charge in [0.1, 0.15) is 11.9 Å². The molecular formula is C16H16FN3O2. The Balaban J connectivity index is 2.04. The van der Waals surface area contributed by atoms with Gasteiger partial charge in [-0.05, 0) is 30.2 Å². The third-order valence-corrected chi connectivity index (χ3v) is 2.85. The van der Waals surface area contributed by atoms with Crippen LogP contribution in [0, 0.1) is 17.1 Å². The SMILES string of the molecule is COCCCNc1oc(/C=C/c2ccc(F)cc2)nc1C#N. The Morgan fingerprint density at radius 1 is 1.36 bits per heavy atom. The van der Waals surface area contributed by atoms with Crippen molar-refractivity contribution in [3.05, 3.63) is 47.2 Å². The van der Waals surface area contributed by atoms with Crippen LogP contribution in [0.15, 0.2) is 28.7 Å². The Labute approximate surface area is 128 Å². The van der Waals surface area contributed by atoms with Crippen molar-refractivity contribution in [3.63, 3.8) is 0 Å². The summed E-state index contributed by atoms with van der Waals surface area (Å²) in [5, 5.41) is 12.1. The quantitative estimate of drug-likeness (QED) is 0.794. The molecule has 0 unspecified atom stereocenters. The second-order valence-electron chi connectivity index (χ2n) is 4.50. The molecule has 1 heterocycles. The van der Waals surface area contributed by atoms with Crippen molar-refractivity contribution in [2.75, 3.05) is 25.6 Å². The van der Waals surface area contributed by atoms with Crippen molar-refractivity contribution in [1.82, 2.24) is 4.98 Å². The number of halogens is 1. The van der Waals surface area contributed by atoms with Crippen molar-refractivity contribution < 1.29 is 13.5 Å². The number of hydrogen-bond acceptors (Lipinski definition) is 5. The number of anilines is 1. The molecule has 0 aliphatic rings. The Morgan fingerprint density at radius 2 is 2.14 bits per heavy atom. The Morgan fingerprint density at radius 3 is 2.82 bits per heavy atom. The van der Waals surface area contributed by atoms with Crippen molar-refractivity contribution in [2.24, 2.45) is 0 Å². The number of rotatable bonds is 7. The number of hydrogen-bond donors (Lipinski definition) is 1. The number of benzene rings is 1. The van der Waals surface area contributed by atoms with E-state index in [0.717, 1.165) is 12.0 Å². The van der Waals surface area contributed by atoms with Gasteiger partial charge in [0.2, 0.25) is 17.5 Å². The highest BCUT2D eigenvalue weighted by Crippen LogP contribution is 2.18. The predicted molar refractivity (Wildman–Crippen MR) is 81.5 cm³/mol. The van der Waals surface area contributed by atoms with E-state index in [9.17, 15) is 4.39 Å². The summed E-state index contributed by atoms with van der Waals surface area (Å²) in [5.41, 5.74) is 1.02. The standard InChI is InChI=1S/C16H16FN3O2/c1-21-10-2-9-19-16-14(11-18)20-15(22-16)8-5-12-3-6-13(17)7-4-12/h3-8,19H,2,9-10H2,1H3/b8-5+. The predicted octanol–water partition coefficient (Wildman–Crippen LogP) is 3.30. The van der Waals surface area contributed by atoms with Crippen LogP contribution in [0.3, 0.4) is 0 Å². The average Bonchev–Trinajstić information content (AvgIpc) is 2.93. The highest BCUT2D eigenvalue weighted by atomic mass is 19.1. The van der Waals surface area contributed by atoms with Gasteiger partial charge < -0.3 is 14.5 Å². The number of aromatic nitrogens is 1. The Bertz CT molecular complexity index is 672. The summed E-state index contributed by atoms with van der Waals surface area (Å²) in [6.45, 7) is 1.25. The van der Waals surface area contributed by atoms with Crippen LogP contribution < -0.4 is 5.32 Å². The van der Waals surface area contributed by atoms with E-state index < -0.39 is 0 Å². The number of oxazole rings is 1. The molecule has 6 heteroatoms. The zero-order valence-corrected chi connectivity index (χ0v) is 12.2. The first-order valence-electron chi connectivity index (χ1n) is 6.80. The summed E-state index contributed by atoms with van der Waals surface area (Å²) in [7, 11) is 1.63. The third-order valence-electron chi connectivity index (χ3n) is 2.85. The summed E-state index contributed by atoms with van der Waals surface area (Å²) in [5.74, 6) is 0.370. The van der Waals surface area contributed by atoms with E-state index in [-0.39, 0.29) is 11.5 Å². The average molecular weight is 301 g/mol. The van der Waals surface area contributed by atoms with Gasteiger partial charge in [-0.3, -0.25) is 0 Å². The van der Waals surface area contributed by atoms with Crippen LogP contribution in [-0.2, 0) is 4.74 Å². The fourth-order valence-electron chi connectivity index (χ4n) is 1.76. The van der Waals surface area contributed by atoms with E-state index in [4.69, 9.17) is 14.4 Å². The molecular weight excluding hydrogens is 285 g/mol. The van der Waals surface area contributed by atoms with Crippen LogP contribution in [0.5, 0.6) is 0 Å². The van der Waals surface area contributed by atoms with Crippen molar-refractivity contribution in [3.8, 4) is 6.07 Å². The number of nitriles is 1. The molecule has 114 valence electrons. The van der Waals surface area contributed by atoms with E-state index in [1.165, 1.54) is 12.1 Å². The van der Waals surface area contributed by atoms with Crippen molar-refractivity contribution >= 4 is 18.0 Å². The molecule has 0 spiro atoms. The molecule has 0 amide bonds. The number of nitrogens with one attached hydrogen (secondary N) is 1. The normalized spacial score (nSPS) is 10.8. The molecule has 1 N–H and O–H groups in total.